The quantitative estimate of drug-likeness (QED) is 0.828. The molecular weight excluding hydrogens is 253 g/mol. The summed E-state index contributed by atoms with van der Waals surface area (Å²) < 4.78 is 25.9. The number of rotatable bonds is 2. The highest BCUT2D eigenvalue weighted by Gasteiger charge is 2.09. The van der Waals surface area contributed by atoms with Crippen LogP contribution in [0.2, 0.25) is 5.15 Å². The van der Waals surface area contributed by atoms with E-state index in [1.54, 1.807) is 6.07 Å². The summed E-state index contributed by atoms with van der Waals surface area (Å²) in [5.41, 5.74) is -0.0464. The summed E-state index contributed by atoms with van der Waals surface area (Å²) in [5.74, 6) is -0.318. The second kappa shape index (κ2) is 4.43. The minimum Gasteiger partial charge on any atom is -0.436 e. The molecule has 0 aliphatic carbocycles. The molecule has 1 heterocycles. The van der Waals surface area contributed by atoms with Crippen LogP contribution < -0.4 is 4.74 Å². The standard InChI is InChI=1S/C9H3ClFN3OS/c10-8-9(14-16-13-8)15-6-2-1-5(4-12)7(11)3-6/h1-3H. The van der Waals surface area contributed by atoms with Crippen molar-refractivity contribution in [3.63, 3.8) is 0 Å². The molecule has 1 aromatic heterocycles. The number of benzene rings is 1. The van der Waals surface area contributed by atoms with Gasteiger partial charge in [0.1, 0.15) is 17.6 Å². The second-order valence-electron chi connectivity index (χ2n) is 2.72. The molecule has 0 unspecified atom stereocenters. The van der Waals surface area contributed by atoms with Gasteiger partial charge < -0.3 is 4.74 Å². The summed E-state index contributed by atoms with van der Waals surface area (Å²) in [6, 6.07) is 5.58. The molecule has 0 aliphatic heterocycles. The van der Waals surface area contributed by atoms with Crippen LogP contribution in [-0.2, 0) is 0 Å². The monoisotopic (exact) mass is 255 g/mol. The fraction of sp³-hybridized carbons (Fsp3) is 0. The van der Waals surface area contributed by atoms with Gasteiger partial charge in [0.25, 0.3) is 5.88 Å². The van der Waals surface area contributed by atoms with Crippen LogP contribution in [0.5, 0.6) is 11.6 Å². The summed E-state index contributed by atoms with van der Waals surface area (Å²) in [6.07, 6.45) is 0. The Labute approximate surface area is 99.2 Å². The van der Waals surface area contributed by atoms with Crippen molar-refractivity contribution in [2.24, 2.45) is 0 Å². The van der Waals surface area contributed by atoms with Crippen LogP contribution in [0.15, 0.2) is 18.2 Å². The molecule has 0 bridgehead atoms. The van der Waals surface area contributed by atoms with Gasteiger partial charge in [0.05, 0.1) is 17.3 Å². The Morgan fingerprint density at radius 2 is 2.25 bits per heavy atom. The number of hydrogen-bond donors (Lipinski definition) is 0. The summed E-state index contributed by atoms with van der Waals surface area (Å²) in [4.78, 5) is 0. The number of halogens is 2. The number of aromatic nitrogens is 2. The van der Waals surface area contributed by atoms with E-state index in [0.717, 1.165) is 17.8 Å². The van der Waals surface area contributed by atoms with Crippen molar-refractivity contribution in [1.29, 1.82) is 5.26 Å². The highest BCUT2D eigenvalue weighted by Crippen LogP contribution is 2.27. The van der Waals surface area contributed by atoms with E-state index in [9.17, 15) is 4.39 Å². The molecule has 0 amide bonds. The molecule has 80 valence electrons. The SMILES string of the molecule is N#Cc1ccc(Oc2nsnc2Cl)cc1F. The van der Waals surface area contributed by atoms with Gasteiger partial charge in [0.2, 0.25) is 5.15 Å². The zero-order valence-electron chi connectivity index (χ0n) is 7.65. The maximum atomic E-state index is 13.2. The normalized spacial score (nSPS) is 9.81. The first kappa shape index (κ1) is 10.8. The summed E-state index contributed by atoms with van der Waals surface area (Å²) in [7, 11) is 0. The molecule has 0 radical (unpaired) electrons. The third-order valence-electron chi connectivity index (χ3n) is 1.70. The van der Waals surface area contributed by atoms with Gasteiger partial charge in [-0.1, -0.05) is 11.6 Å². The van der Waals surface area contributed by atoms with E-state index in [4.69, 9.17) is 21.6 Å². The highest BCUT2D eigenvalue weighted by atomic mass is 35.5. The van der Waals surface area contributed by atoms with Gasteiger partial charge >= 0.3 is 0 Å². The average Bonchev–Trinajstić information content (AvgIpc) is 2.65. The Morgan fingerprint density at radius 3 is 2.81 bits per heavy atom. The van der Waals surface area contributed by atoms with Crippen LogP contribution in [0.4, 0.5) is 4.39 Å². The molecule has 16 heavy (non-hydrogen) atoms. The molecule has 2 aromatic rings. The van der Waals surface area contributed by atoms with E-state index >= 15 is 0 Å². The largest absolute Gasteiger partial charge is 0.436 e. The van der Waals surface area contributed by atoms with E-state index in [1.807, 2.05) is 0 Å². The first-order valence-corrected chi connectivity index (χ1v) is 5.17. The molecule has 2 rings (SSSR count). The third-order valence-corrected chi connectivity index (χ3v) is 2.55. The van der Waals surface area contributed by atoms with Crippen LogP contribution in [0.25, 0.3) is 0 Å². The van der Waals surface area contributed by atoms with E-state index < -0.39 is 5.82 Å². The fourth-order valence-electron chi connectivity index (χ4n) is 0.992. The van der Waals surface area contributed by atoms with Crippen molar-refractivity contribution >= 4 is 23.3 Å². The van der Waals surface area contributed by atoms with Crippen molar-refractivity contribution in [3.05, 3.63) is 34.7 Å². The number of hydrogen-bond acceptors (Lipinski definition) is 5. The molecule has 0 saturated carbocycles. The van der Waals surface area contributed by atoms with Gasteiger partial charge in [0, 0.05) is 6.07 Å². The minimum atomic E-state index is -0.653. The maximum absolute atomic E-state index is 13.2. The van der Waals surface area contributed by atoms with Gasteiger partial charge in [-0.3, -0.25) is 0 Å². The smallest absolute Gasteiger partial charge is 0.270 e. The van der Waals surface area contributed by atoms with E-state index in [0.29, 0.717) is 0 Å². The molecule has 7 heteroatoms. The predicted octanol–water partition coefficient (Wildman–Crippen LogP) is 2.99. The molecule has 1 aromatic carbocycles. The van der Waals surface area contributed by atoms with Gasteiger partial charge in [-0.2, -0.15) is 9.64 Å². The highest BCUT2D eigenvalue weighted by molar-refractivity contribution is 6.99. The predicted molar refractivity (Wildman–Crippen MR) is 56.1 cm³/mol. The molecule has 0 aliphatic rings. The van der Waals surface area contributed by atoms with Crippen molar-refractivity contribution in [2.75, 3.05) is 0 Å². The van der Waals surface area contributed by atoms with Gasteiger partial charge in [-0.05, 0) is 12.1 Å². The van der Waals surface area contributed by atoms with Crippen molar-refractivity contribution in [3.8, 4) is 17.7 Å². The number of ether oxygens (including phenoxy) is 1. The lowest BCUT2D eigenvalue weighted by atomic mass is 10.2. The van der Waals surface area contributed by atoms with Gasteiger partial charge in [-0.25, -0.2) is 4.39 Å². The van der Waals surface area contributed by atoms with Crippen LogP contribution in [0, 0.1) is 17.1 Å². The van der Waals surface area contributed by atoms with Crippen LogP contribution in [-0.4, -0.2) is 8.75 Å². The zero-order valence-corrected chi connectivity index (χ0v) is 9.22. The Morgan fingerprint density at radius 1 is 1.44 bits per heavy atom. The van der Waals surface area contributed by atoms with Crippen molar-refractivity contribution < 1.29 is 9.13 Å². The number of nitrogens with zero attached hydrogens (tertiary/aromatic N) is 3. The topological polar surface area (TPSA) is 58.8 Å². The van der Waals surface area contributed by atoms with Gasteiger partial charge in [0.15, 0.2) is 0 Å². The molecule has 0 atom stereocenters. The summed E-state index contributed by atoms with van der Waals surface area (Å²) in [5, 5.41) is 8.66. The Hall–Kier alpha value is -1.71. The lowest BCUT2D eigenvalue weighted by molar-refractivity contribution is 0.462. The first-order valence-electron chi connectivity index (χ1n) is 4.06. The zero-order chi connectivity index (χ0) is 11.5. The van der Waals surface area contributed by atoms with E-state index in [-0.39, 0.29) is 22.3 Å². The molecule has 0 spiro atoms. The lowest BCUT2D eigenvalue weighted by Gasteiger charge is -2.02. The first-order chi connectivity index (χ1) is 7.70. The van der Waals surface area contributed by atoms with Crippen LogP contribution >= 0.6 is 23.3 Å². The molecule has 0 fully saturated rings. The summed E-state index contributed by atoms with van der Waals surface area (Å²) >= 11 is 6.55. The van der Waals surface area contributed by atoms with E-state index in [1.165, 1.54) is 12.1 Å². The molecule has 0 saturated heterocycles. The summed E-state index contributed by atoms with van der Waals surface area (Å²) in [6.45, 7) is 0. The molecule has 0 N–H and O–H groups in total. The van der Waals surface area contributed by atoms with Crippen LogP contribution in [0.3, 0.4) is 0 Å². The minimum absolute atomic E-state index is 0.0464. The van der Waals surface area contributed by atoms with Crippen molar-refractivity contribution in [1.82, 2.24) is 8.75 Å². The Balaban J connectivity index is 2.27. The Kier molecular flexibility index (Phi) is 2.99. The van der Waals surface area contributed by atoms with Crippen LogP contribution in [0.1, 0.15) is 5.56 Å². The molecular formula is C9H3ClFN3OS. The fourth-order valence-corrected chi connectivity index (χ4v) is 1.60. The average molecular weight is 256 g/mol. The van der Waals surface area contributed by atoms with Gasteiger partial charge in [-0.15, -0.1) is 4.37 Å². The maximum Gasteiger partial charge on any atom is 0.270 e. The third kappa shape index (κ3) is 2.10. The second-order valence-corrected chi connectivity index (χ2v) is 3.60. The van der Waals surface area contributed by atoms with E-state index in [2.05, 4.69) is 8.75 Å². The lowest BCUT2D eigenvalue weighted by Crippen LogP contribution is -1.88. The Bertz CT molecular complexity index is 566. The molecule has 4 nitrogen and oxygen atoms in total. The van der Waals surface area contributed by atoms with Crippen molar-refractivity contribution in [2.45, 2.75) is 0 Å². The number of nitriles is 1.